The quantitative estimate of drug-likeness (QED) is 0.620. The van der Waals surface area contributed by atoms with E-state index in [9.17, 15) is 4.79 Å². The fraction of sp³-hybridized carbons (Fsp3) is 0.389. The van der Waals surface area contributed by atoms with Crippen molar-refractivity contribution in [1.29, 1.82) is 0 Å². The Bertz CT molecular complexity index is 731. The number of carbonyl (C=O) groups is 1. The third kappa shape index (κ3) is 5.53. The van der Waals surface area contributed by atoms with Crippen molar-refractivity contribution in [3.05, 3.63) is 36.2 Å². The molecule has 0 aliphatic heterocycles. The maximum atomic E-state index is 11.5. The number of esters is 1. The molecule has 2 rings (SSSR count). The summed E-state index contributed by atoms with van der Waals surface area (Å²) in [7, 11) is 4.59. The van der Waals surface area contributed by atoms with Crippen molar-refractivity contribution < 1.29 is 23.7 Å². The highest BCUT2D eigenvalue weighted by Gasteiger charge is 2.17. The number of hydrogen-bond acceptors (Lipinski definition) is 9. The van der Waals surface area contributed by atoms with Gasteiger partial charge in [-0.3, -0.25) is 0 Å². The van der Waals surface area contributed by atoms with Crippen LogP contribution in [0, 0.1) is 0 Å². The monoisotopic (exact) mass is 376 g/mol. The van der Waals surface area contributed by atoms with Crippen LogP contribution in [0.25, 0.3) is 0 Å². The van der Waals surface area contributed by atoms with E-state index in [1.807, 2.05) is 4.90 Å². The molecule has 0 bridgehead atoms. The summed E-state index contributed by atoms with van der Waals surface area (Å²) in [5.41, 5.74) is 6.96. The molecule has 1 aromatic heterocycles. The fourth-order valence-electron chi connectivity index (χ4n) is 2.32. The number of hydrogen-bond donors (Lipinski definition) is 1. The molecule has 2 aromatic rings. The first kappa shape index (κ1) is 20.4. The smallest absolute Gasteiger partial charge is 0.337 e. The van der Waals surface area contributed by atoms with Gasteiger partial charge in [-0.05, 0) is 24.3 Å². The lowest BCUT2D eigenvalue weighted by molar-refractivity contribution is 0.0600. The Labute approximate surface area is 158 Å². The molecule has 0 atom stereocenters. The molecule has 0 amide bonds. The molecular formula is C18H24N4O5. The van der Waals surface area contributed by atoms with Gasteiger partial charge in [-0.25, -0.2) is 9.78 Å². The van der Waals surface area contributed by atoms with Gasteiger partial charge in [-0.15, -0.1) is 0 Å². The van der Waals surface area contributed by atoms with Crippen LogP contribution in [0.3, 0.4) is 0 Å². The zero-order valence-electron chi connectivity index (χ0n) is 15.7. The van der Waals surface area contributed by atoms with E-state index in [4.69, 9.17) is 19.9 Å². The topological polar surface area (TPSA) is 109 Å². The van der Waals surface area contributed by atoms with Crippen molar-refractivity contribution in [2.45, 2.75) is 0 Å². The molecule has 0 fully saturated rings. The van der Waals surface area contributed by atoms with Gasteiger partial charge in [0.1, 0.15) is 17.8 Å². The first-order valence-corrected chi connectivity index (χ1v) is 8.30. The van der Waals surface area contributed by atoms with Crippen molar-refractivity contribution in [2.75, 3.05) is 58.3 Å². The standard InChI is InChI=1S/C18H24N4O5/c1-24-10-8-22(9-11-25-2)16-15(19)17(21-12-20-16)27-14-6-4-13(5-7-14)18(23)26-3/h4-7,12H,8-11,19H2,1-3H3. The predicted molar refractivity (Wildman–Crippen MR) is 100 cm³/mol. The molecule has 1 heterocycles. The van der Waals surface area contributed by atoms with Crippen LogP contribution in [0.15, 0.2) is 30.6 Å². The second-order valence-corrected chi connectivity index (χ2v) is 5.51. The van der Waals surface area contributed by atoms with Gasteiger partial charge in [0, 0.05) is 27.3 Å². The molecule has 0 unspecified atom stereocenters. The molecule has 0 radical (unpaired) electrons. The van der Waals surface area contributed by atoms with Gasteiger partial charge in [0.05, 0.1) is 25.9 Å². The Kier molecular flexibility index (Phi) is 7.78. The number of nitrogens with two attached hydrogens (primary N) is 1. The van der Waals surface area contributed by atoms with E-state index >= 15 is 0 Å². The van der Waals surface area contributed by atoms with Crippen molar-refractivity contribution in [1.82, 2.24) is 9.97 Å². The van der Waals surface area contributed by atoms with E-state index in [1.54, 1.807) is 38.5 Å². The summed E-state index contributed by atoms with van der Waals surface area (Å²) in [6.45, 7) is 2.21. The van der Waals surface area contributed by atoms with E-state index in [1.165, 1.54) is 13.4 Å². The molecule has 9 nitrogen and oxygen atoms in total. The van der Waals surface area contributed by atoms with Crippen LogP contribution in [0.1, 0.15) is 10.4 Å². The molecule has 9 heteroatoms. The van der Waals surface area contributed by atoms with Crippen LogP contribution >= 0.6 is 0 Å². The lowest BCUT2D eigenvalue weighted by Gasteiger charge is -2.24. The highest BCUT2D eigenvalue weighted by atomic mass is 16.5. The molecule has 0 saturated heterocycles. The van der Waals surface area contributed by atoms with E-state index in [0.29, 0.717) is 49.1 Å². The number of nitrogen functional groups attached to an aromatic ring is 1. The lowest BCUT2D eigenvalue weighted by Crippen LogP contribution is -2.32. The minimum atomic E-state index is -0.419. The summed E-state index contributed by atoms with van der Waals surface area (Å²) in [4.78, 5) is 21.8. The zero-order chi connectivity index (χ0) is 19.6. The van der Waals surface area contributed by atoms with Crippen LogP contribution in [0.2, 0.25) is 0 Å². The number of benzene rings is 1. The minimum absolute atomic E-state index is 0.227. The largest absolute Gasteiger partial charge is 0.465 e. The first-order valence-electron chi connectivity index (χ1n) is 8.30. The van der Waals surface area contributed by atoms with Crippen molar-refractivity contribution >= 4 is 17.5 Å². The third-order valence-corrected chi connectivity index (χ3v) is 3.75. The second-order valence-electron chi connectivity index (χ2n) is 5.51. The van der Waals surface area contributed by atoms with Gasteiger partial charge in [-0.2, -0.15) is 4.98 Å². The SMILES string of the molecule is COCCN(CCOC)c1ncnc(Oc2ccc(C(=O)OC)cc2)c1N. The van der Waals surface area contributed by atoms with Crippen molar-refractivity contribution in [3.8, 4) is 11.6 Å². The summed E-state index contributed by atoms with van der Waals surface area (Å²) in [5.74, 6) is 0.836. The van der Waals surface area contributed by atoms with Gasteiger partial charge in [0.25, 0.3) is 0 Å². The molecule has 0 aliphatic rings. The summed E-state index contributed by atoms with van der Waals surface area (Å²) in [6.07, 6.45) is 1.39. The predicted octanol–water partition coefficient (Wildman–Crippen LogP) is 1.74. The molecule has 1 aromatic carbocycles. The molecule has 0 spiro atoms. The Morgan fingerprint density at radius 3 is 2.22 bits per heavy atom. The maximum Gasteiger partial charge on any atom is 0.337 e. The first-order chi connectivity index (χ1) is 13.1. The number of methoxy groups -OCH3 is 3. The summed E-state index contributed by atoms with van der Waals surface area (Å²) in [5, 5.41) is 0. The Morgan fingerprint density at radius 1 is 1.04 bits per heavy atom. The fourth-order valence-corrected chi connectivity index (χ4v) is 2.32. The van der Waals surface area contributed by atoms with Crippen LogP contribution in [0.5, 0.6) is 11.6 Å². The van der Waals surface area contributed by atoms with E-state index < -0.39 is 5.97 Å². The Hall–Kier alpha value is -2.91. The van der Waals surface area contributed by atoms with Crippen LogP contribution in [0.4, 0.5) is 11.5 Å². The van der Waals surface area contributed by atoms with Gasteiger partial charge in [-0.1, -0.05) is 0 Å². The average Bonchev–Trinajstić information content (AvgIpc) is 2.70. The zero-order valence-corrected chi connectivity index (χ0v) is 15.7. The summed E-state index contributed by atoms with van der Waals surface area (Å²) in [6, 6.07) is 6.48. The number of rotatable bonds is 10. The minimum Gasteiger partial charge on any atom is -0.465 e. The Balaban J connectivity index is 2.20. The highest BCUT2D eigenvalue weighted by Crippen LogP contribution is 2.31. The third-order valence-electron chi connectivity index (χ3n) is 3.75. The van der Waals surface area contributed by atoms with Gasteiger partial charge in [0.15, 0.2) is 5.82 Å². The summed E-state index contributed by atoms with van der Waals surface area (Å²) < 4.78 is 20.7. The van der Waals surface area contributed by atoms with Crippen molar-refractivity contribution in [3.63, 3.8) is 0 Å². The van der Waals surface area contributed by atoms with Gasteiger partial charge < -0.3 is 29.6 Å². The number of aromatic nitrogens is 2. The van der Waals surface area contributed by atoms with E-state index in [-0.39, 0.29) is 5.88 Å². The normalized spacial score (nSPS) is 10.5. The van der Waals surface area contributed by atoms with Crippen LogP contribution < -0.4 is 15.4 Å². The number of nitrogens with zero attached hydrogens (tertiary/aromatic N) is 3. The van der Waals surface area contributed by atoms with E-state index in [0.717, 1.165) is 0 Å². The molecule has 146 valence electrons. The van der Waals surface area contributed by atoms with E-state index in [2.05, 4.69) is 14.7 Å². The number of carbonyl (C=O) groups excluding carboxylic acids is 1. The molecule has 0 aliphatic carbocycles. The second kappa shape index (κ2) is 10.3. The molecular weight excluding hydrogens is 352 g/mol. The number of anilines is 2. The number of ether oxygens (including phenoxy) is 4. The van der Waals surface area contributed by atoms with Crippen molar-refractivity contribution in [2.24, 2.45) is 0 Å². The van der Waals surface area contributed by atoms with Gasteiger partial charge in [0.2, 0.25) is 5.88 Å². The molecule has 2 N–H and O–H groups in total. The lowest BCUT2D eigenvalue weighted by atomic mass is 10.2. The average molecular weight is 376 g/mol. The van der Waals surface area contributed by atoms with Crippen LogP contribution in [-0.2, 0) is 14.2 Å². The maximum absolute atomic E-state index is 11.5. The summed E-state index contributed by atoms with van der Waals surface area (Å²) >= 11 is 0. The molecule has 0 saturated carbocycles. The molecule has 27 heavy (non-hydrogen) atoms. The van der Waals surface area contributed by atoms with Gasteiger partial charge >= 0.3 is 5.97 Å². The van der Waals surface area contributed by atoms with Crippen LogP contribution in [-0.4, -0.2) is 63.6 Å². The Morgan fingerprint density at radius 2 is 1.67 bits per heavy atom. The highest BCUT2D eigenvalue weighted by molar-refractivity contribution is 5.89.